The molecule has 20 heavy (non-hydrogen) atoms. The average Bonchev–Trinajstić information content (AvgIpc) is 2.88. The van der Waals surface area contributed by atoms with Crippen LogP contribution in [0.5, 0.6) is 0 Å². The van der Waals surface area contributed by atoms with Gasteiger partial charge in [0, 0.05) is 15.7 Å². The minimum absolute atomic E-state index is 0.436. The van der Waals surface area contributed by atoms with Crippen LogP contribution in [0.3, 0.4) is 0 Å². The highest BCUT2D eigenvalue weighted by Crippen LogP contribution is 2.31. The highest BCUT2D eigenvalue weighted by molar-refractivity contribution is 9.10. The molecule has 5 heteroatoms. The van der Waals surface area contributed by atoms with Crippen LogP contribution in [-0.4, -0.2) is 10.1 Å². The van der Waals surface area contributed by atoms with Crippen molar-refractivity contribution in [1.29, 1.82) is 0 Å². The van der Waals surface area contributed by atoms with E-state index in [0.717, 1.165) is 21.2 Å². The van der Waals surface area contributed by atoms with Gasteiger partial charge in [-0.25, -0.2) is 0 Å². The number of aryl methyl sites for hydroxylation is 1. The second kappa shape index (κ2) is 5.09. The molecule has 0 unspecified atom stereocenters. The zero-order chi connectivity index (χ0) is 14.1. The monoisotopic (exact) mass is 329 g/mol. The van der Waals surface area contributed by atoms with Gasteiger partial charge in [0.2, 0.25) is 5.82 Å². The lowest BCUT2D eigenvalue weighted by molar-refractivity contribution is 0.432. The first-order chi connectivity index (χ1) is 9.66. The van der Waals surface area contributed by atoms with Crippen LogP contribution in [0, 0.1) is 6.92 Å². The number of halogens is 1. The van der Waals surface area contributed by atoms with Gasteiger partial charge in [0.05, 0.1) is 5.56 Å². The molecule has 0 aliphatic heterocycles. The number of benzene rings is 2. The fraction of sp³-hybridized carbons (Fsp3) is 0.0667. The van der Waals surface area contributed by atoms with Crippen molar-refractivity contribution in [2.24, 2.45) is 0 Å². The second-order valence-corrected chi connectivity index (χ2v) is 5.30. The van der Waals surface area contributed by atoms with E-state index >= 15 is 0 Å². The Balaban J connectivity index is 2.10. The van der Waals surface area contributed by atoms with Crippen molar-refractivity contribution in [2.45, 2.75) is 6.92 Å². The van der Waals surface area contributed by atoms with Gasteiger partial charge in [0.15, 0.2) is 0 Å². The number of anilines is 1. The normalized spacial score (nSPS) is 10.7. The highest BCUT2D eigenvalue weighted by Gasteiger charge is 2.16. The summed E-state index contributed by atoms with van der Waals surface area (Å²) in [7, 11) is 0. The van der Waals surface area contributed by atoms with Crippen LogP contribution >= 0.6 is 15.9 Å². The van der Waals surface area contributed by atoms with Crippen LogP contribution in [0.15, 0.2) is 51.5 Å². The smallest absolute Gasteiger partial charge is 0.260 e. The molecule has 4 nitrogen and oxygen atoms in total. The zero-order valence-electron chi connectivity index (χ0n) is 10.8. The molecule has 0 atom stereocenters. The lowest BCUT2D eigenvalue weighted by Gasteiger charge is -2.03. The van der Waals surface area contributed by atoms with Crippen molar-refractivity contribution in [2.75, 3.05) is 5.73 Å². The predicted molar refractivity (Wildman–Crippen MR) is 82.0 cm³/mol. The van der Waals surface area contributed by atoms with Gasteiger partial charge in [-0.3, -0.25) is 0 Å². The summed E-state index contributed by atoms with van der Waals surface area (Å²) in [5.41, 5.74) is 9.31. The van der Waals surface area contributed by atoms with E-state index in [-0.39, 0.29) is 0 Å². The summed E-state index contributed by atoms with van der Waals surface area (Å²) in [5, 5.41) is 4.03. The van der Waals surface area contributed by atoms with Gasteiger partial charge in [-0.2, -0.15) is 4.98 Å². The number of aromatic nitrogens is 2. The first-order valence-electron chi connectivity index (χ1n) is 6.11. The van der Waals surface area contributed by atoms with Crippen molar-refractivity contribution in [1.82, 2.24) is 10.1 Å². The predicted octanol–water partition coefficient (Wildman–Crippen LogP) is 4.06. The maximum absolute atomic E-state index is 5.99. The molecule has 0 amide bonds. The van der Waals surface area contributed by atoms with E-state index in [1.165, 1.54) is 0 Å². The van der Waals surface area contributed by atoms with Crippen molar-refractivity contribution >= 4 is 21.6 Å². The number of nitrogens with two attached hydrogens (primary N) is 1. The topological polar surface area (TPSA) is 64.9 Å². The van der Waals surface area contributed by atoms with E-state index in [1.54, 1.807) is 0 Å². The standard InChI is InChI=1S/C15H12BrN3O/c1-9-5-4-8-12(17)13(9)15-18-14(19-20-15)10-6-2-3-7-11(10)16/h2-8H,17H2,1H3. The van der Waals surface area contributed by atoms with Crippen LogP contribution < -0.4 is 5.73 Å². The molecule has 100 valence electrons. The molecule has 0 aliphatic rings. The quantitative estimate of drug-likeness (QED) is 0.720. The Labute approximate surface area is 124 Å². The van der Waals surface area contributed by atoms with Crippen LogP contribution in [-0.2, 0) is 0 Å². The molecule has 0 bridgehead atoms. The minimum atomic E-state index is 0.436. The summed E-state index contributed by atoms with van der Waals surface area (Å²) in [4.78, 5) is 4.45. The highest BCUT2D eigenvalue weighted by atomic mass is 79.9. The van der Waals surface area contributed by atoms with Gasteiger partial charge in [-0.05, 0) is 30.7 Å². The third-order valence-electron chi connectivity index (χ3n) is 3.06. The van der Waals surface area contributed by atoms with Crippen molar-refractivity contribution < 1.29 is 4.52 Å². The maximum Gasteiger partial charge on any atom is 0.260 e. The van der Waals surface area contributed by atoms with E-state index in [1.807, 2.05) is 49.4 Å². The largest absolute Gasteiger partial charge is 0.398 e. The fourth-order valence-electron chi connectivity index (χ4n) is 2.06. The number of rotatable bonds is 2. The number of nitrogens with zero attached hydrogens (tertiary/aromatic N) is 2. The molecule has 1 heterocycles. The summed E-state index contributed by atoms with van der Waals surface area (Å²) < 4.78 is 6.28. The molecular weight excluding hydrogens is 318 g/mol. The van der Waals surface area contributed by atoms with E-state index in [9.17, 15) is 0 Å². The molecular formula is C15H12BrN3O. The molecule has 3 aromatic rings. The summed E-state index contributed by atoms with van der Waals surface area (Å²) in [6, 6.07) is 13.4. The molecule has 1 aromatic heterocycles. The summed E-state index contributed by atoms with van der Waals surface area (Å²) in [6.07, 6.45) is 0. The SMILES string of the molecule is Cc1cccc(N)c1-c1nc(-c2ccccc2Br)no1. The molecule has 2 aromatic carbocycles. The van der Waals surface area contributed by atoms with Gasteiger partial charge in [-0.15, -0.1) is 0 Å². The van der Waals surface area contributed by atoms with E-state index in [4.69, 9.17) is 10.3 Å². The summed E-state index contributed by atoms with van der Waals surface area (Å²) in [6.45, 7) is 1.97. The molecule has 0 saturated heterocycles. The lowest BCUT2D eigenvalue weighted by Crippen LogP contribution is -1.92. The Morgan fingerprint density at radius 3 is 2.65 bits per heavy atom. The Kier molecular flexibility index (Phi) is 3.28. The average molecular weight is 330 g/mol. The summed E-state index contributed by atoms with van der Waals surface area (Å²) >= 11 is 3.48. The molecule has 2 N–H and O–H groups in total. The molecule has 0 radical (unpaired) electrons. The maximum atomic E-state index is 5.99. The Hall–Kier alpha value is -2.14. The Morgan fingerprint density at radius 1 is 1.10 bits per heavy atom. The van der Waals surface area contributed by atoms with Crippen LogP contribution in [0.2, 0.25) is 0 Å². The molecule has 0 saturated carbocycles. The zero-order valence-corrected chi connectivity index (χ0v) is 12.4. The summed E-state index contributed by atoms with van der Waals surface area (Å²) in [5.74, 6) is 0.974. The minimum Gasteiger partial charge on any atom is -0.398 e. The molecule has 0 fully saturated rings. The first kappa shape index (κ1) is 12.9. The first-order valence-corrected chi connectivity index (χ1v) is 6.90. The van der Waals surface area contributed by atoms with Gasteiger partial charge in [0.1, 0.15) is 0 Å². The molecule has 0 aliphatic carbocycles. The van der Waals surface area contributed by atoms with Crippen molar-refractivity contribution in [3.63, 3.8) is 0 Å². The third kappa shape index (κ3) is 2.20. The van der Waals surface area contributed by atoms with Crippen LogP contribution in [0.4, 0.5) is 5.69 Å². The van der Waals surface area contributed by atoms with Gasteiger partial charge < -0.3 is 10.3 Å². The number of hydrogen-bond acceptors (Lipinski definition) is 4. The van der Waals surface area contributed by atoms with E-state index < -0.39 is 0 Å². The third-order valence-corrected chi connectivity index (χ3v) is 3.75. The van der Waals surface area contributed by atoms with Gasteiger partial charge in [0.25, 0.3) is 5.89 Å². The van der Waals surface area contributed by atoms with Crippen LogP contribution in [0.1, 0.15) is 5.56 Å². The number of nitrogen functional groups attached to an aromatic ring is 1. The van der Waals surface area contributed by atoms with Crippen molar-refractivity contribution in [3.8, 4) is 22.8 Å². The lowest BCUT2D eigenvalue weighted by atomic mass is 10.1. The van der Waals surface area contributed by atoms with E-state index in [0.29, 0.717) is 17.4 Å². The number of hydrogen-bond donors (Lipinski definition) is 1. The molecule has 3 rings (SSSR count). The van der Waals surface area contributed by atoms with E-state index in [2.05, 4.69) is 26.1 Å². The Bertz CT molecular complexity index is 747. The fourth-order valence-corrected chi connectivity index (χ4v) is 2.52. The Morgan fingerprint density at radius 2 is 1.90 bits per heavy atom. The van der Waals surface area contributed by atoms with Gasteiger partial charge in [-0.1, -0.05) is 45.4 Å². The second-order valence-electron chi connectivity index (χ2n) is 4.44. The van der Waals surface area contributed by atoms with Crippen LogP contribution in [0.25, 0.3) is 22.8 Å². The van der Waals surface area contributed by atoms with Crippen molar-refractivity contribution in [3.05, 3.63) is 52.5 Å². The molecule has 0 spiro atoms. The van der Waals surface area contributed by atoms with Gasteiger partial charge >= 0.3 is 0 Å².